The average Bonchev–Trinajstić information content (AvgIpc) is 2.89. The van der Waals surface area contributed by atoms with E-state index in [9.17, 15) is 9.59 Å². The van der Waals surface area contributed by atoms with Gasteiger partial charge in [0.05, 0.1) is 6.04 Å². The van der Waals surface area contributed by atoms with E-state index in [1.54, 1.807) is 18.2 Å². The number of amides is 2. The maximum Gasteiger partial charge on any atom is 0.251 e. The molecule has 0 fully saturated rings. The number of rotatable bonds is 4. The summed E-state index contributed by atoms with van der Waals surface area (Å²) in [4.78, 5) is 23.7. The molecular formula is C17H17N3O2. The lowest BCUT2D eigenvalue weighted by Gasteiger charge is -2.13. The SMILES string of the molecule is NC(Cc1ccccc1)C(=O)Nc1ccc2c(c1)CNC2=O. The summed E-state index contributed by atoms with van der Waals surface area (Å²) in [6.07, 6.45) is 0.484. The Morgan fingerprint density at radius 3 is 2.77 bits per heavy atom. The Bertz CT molecular complexity index is 713. The van der Waals surface area contributed by atoms with E-state index in [2.05, 4.69) is 10.6 Å². The van der Waals surface area contributed by atoms with Crippen LogP contribution < -0.4 is 16.4 Å². The van der Waals surface area contributed by atoms with Gasteiger partial charge in [-0.2, -0.15) is 0 Å². The molecule has 1 heterocycles. The molecule has 2 aromatic rings. The van der Waals surface area contributed by atoms with Crippen molar-refractivity contribution in [3.05, 3.63) is 65.2 Å². The minimum absolute atomic E-state index is 0.0753. The van der Waals surface area contributed by atoms with Crippen molar-refractivity contribution in [2.75, 3.05) is 5.32 Å². The molecule has 0 saturated heterocycles. The lowest BCUT2D eigenvalue weighted by Crippen LogP contribution is -2.37. The van der Waals surface area contributed by atoms with Crippen molar-refractivity contribution in [2.24, 2.45) is 5.73 Å². The van der Waals surface area contributed by atoms with Gasteiger partial charge in [0.2, 0.25) is 5.91 Å². The number of hydrogen-bond acceptors (Lipinski definition) is 3. The van der Waals surface area contributed by atoms with Crippen LogP contribution in [0.15, 0.2) is 48.5 Å². The normalized spacial score (nSPS) is 14.1. The highest BCUT2D eigenvalue weighted by atomic mass is 16.2. The van der Waals surface area contributed by atoms with E-state index in [0.717, 1.165) is 11.1 Å². The maximum absolute atomic E-state index is 12.2. The van der Waals surface area contributed by atoms with Gasteiger partial charge in [-0.3, -0.25) is 9.59 Å². The quantitative estimate of drug-likeness (QED) is 0.798. The first-order valence-corrected chi connectivity index (χ1v) is 7.15. The van der Waals surface area contributed by atoms with Gasteiger partial charge in [-0.05, 0) is 35.7 Å². The number of carbonyl (C=O) groups excluding carboxylic acids is 2. The molecule has 0 aromatic heterocycles. The van der Waals surface area contributed by atoms with Crippen LogP contribution in [-0.4, -0.2) is 17.9 Å². The minimum atomic E-state index is -0.615. The zero-order valence-electron chi connectivity index (χ0n) is 12.0. The molecule has 2 amide bonds. The summed E-state index contributed by atoms with van der Waals surface area (Å²) in [6.45, 7) is 0.494. The number of fused-ring (bicyclic) bond motifs is 1. The molecular weight excluding hydrogens is 278 g/mol. The Morgan fingerprint density at radius 2 is 2.00 bits per heavy atom. The molecule has 1 unspecified atom stereocenters. The van der Waals surface area contributed by atoms with Crippen LogP contribution in [0.5, 0.6) is 0 Å². The third-order valence-corrected chi connectivity index (χ3v) is 3.69. The Balaban J connectivity index is 1.65. The van der Waals surface area contributed by atoms with Gasteiger partial charge in [0.15, 0.2) is 0 Å². The number of carbonyl (C=O) groups is 2. The molecule has 22 heavy (non-hydrogen) atoms. The second-order valence-corrected chi connectivity index (χ2v) is 5.34. The smallest absolute Gasteiger partial charge is 0.251 e. The Kier molecular flexibility index (Phi) is 3.89. The fourth-order valence-electron chi connectivity index (χ4n) is 2.51. The maximum atomic E-state index is 12.2. The third kappa shape index (κ3) is 2.99. The highest BCUT2D eigenvalue weighted by Gasteiger charge is 2.20. The molecule has 0 spiro atoms. The average molecular weight is 295 g/mol. The minimum Gasteiger partial charge on any atom is -0.348 e. The summed E-state index contributed by atoms with van der Waals surface area (Å²) in [5.41, 5.74) is 9.18. The molecule has 1 aliphatic rings. The Labute approximate surface area is 128 Å². The van der Waals surface area contributed by atoms with Crippen molar-refractivity contribution >= 4 is 17.5 Å². The van der Waals surface area contributed by atoms with Crippen LogP contribution in [0, 0.1) is 0 Å². The lowest BCUT2D eigenvalue weighted by atomic mass is 10.1. The van der Waals surface area contributed by atoms with Crippen LogP contribution in [0.4, 0.5) is 5.69 Å². The van der Waals surface area contributed by atoms with Gasteiger partial charge in [-0.1, -0.05) is 30.3 Å². The molecule has 3 rings (SSSR count). The van der Waals surface area contributed by atoms with Gasteiger partial charge < -0.3 is 16.4 Å². The predicted octanol–water partition coefficient (Wildman–Crippen LogP) is 1.44. The van der Waals surface area contributed by atoms with Crippen molar-refractivity contribution < 1.29 is 9.59 Å². The molecule has 4 N–H and O–H groups in total. The lowest BCUT2D eigenvalue weighted by molar-refractivity contribution is -0.117. The van der Waals surface area contributed by atoms with E-state index in [-0.39, 0.29) is 11.8 Å². The number of anilines is 1. The third-order valence-electron chi connectivity index (χ3n) is 3.69. The van der Waals surface area contributed by atoms with Crippen LogP contribution in [0.3, 0.4) is 0 Å². The van der Waals surface area contributed by atoms with Gasteiger partial charge in [-0.25, -0.2) is 0 Å². The molecule has 5 nitrogen and oxygen atoms in total. The second-order valence-electron chi connectivity index (χ2n) is 5.34. The molecule has 0 radical (unpaired) electrons. The van der Waals surface area contributed by atoms with Crippen LogP contribution in [0.2, 0.25) is 0 Å². The highest BCUT2D eigenvalue weighted by molar-refractivity contribution is 6.00. The van der Waals surface area contributed by atoms with Gasteiger partial charge in [0.1, 0.15) is 0 Å². The van der Waals surface area contributed by atoms with Gasteiger partial charge >= 0.3 is 0 Å². The van der Waals surface area contributed by atoms with E-state index < -0.39 is 6.04 Å². The number of benzene rings is 2. The van der Waals surface area contributed by atoms with E-state index >= 15 is 0 Å². The van der Waals surface area contributed by atoms with Gasteiger partial charge in [0.25, 0.3) is 5.91 Å². The Morgan fingerprint density at radius 1 is 1.23 bits per heavy atom. The first kappa shape index (κ1) is 14.3. The van der Waals surface area contributed by atoms with Crippen LogP contribution in [-0.2, 0) is 17.8 Å². The first-order valence-electron chi connectivity index (χ1n) is 7.15. The zero-order valence-corrected chi connectivity index (χ0v) is 12.0. The summed E-state index contributed by atoms with van der Waals surface area (Å²) in [5.74, 6) is -0.310. The molecule has 1 atom stereocenters. The zero-order chi connectivity index (χ0) is 15.5. The van der Waals surface area contributed by atoms with E-state index in [1.807, 2.05) is 30.3 Å². The van der Waals surface area contributed by atoms with Gasteiger partial charge in [-0.15, -0.1) is 0 Å². The van der Waals surface area contributed by atoms with Crippen molar-refractivity contribution in [1.29, 1.82) is 0 Å². The molecule has 0 saturated carbocycles. The van der Waals surface area contributed by atoms with Crippen molar-refractivity contribution in [3.63, 3.8) is 0 Å². The van der Waals surface area contributed by atoms with Crippen molar-refractivity contribution in [1.82, 2.24) is 5.32 Å². The van der Waals surface area contributed by atoms with E-state index in [1.165, 1.54) is 0 Å². The van der Waals surface area contributed by atoms with Crippen LogP contribution >= 0.6 is 0 Å². The standard InChI is InChI=1S/C17H17N3O2/c18-15(8-11-4-2-1-3-5-11)17(22)20-13-6-7-14-12(9-13)10-19-16(14)21/h1-7,9,15H,8,10,18H2,(H,19,21)(H,20,22). The van der Waals surface area contributed by atoms with E-state index in [0.29, 0.717) is 24.2 Å². The second kappa shape index (κ2) is 5.99. The molecule has 5 heteroatoms. The number of nitrogens with two attached hydrogens (primary N) is 1. The fraction of sp³-hybridized carbons (Fsp3) is 0.176. The summed E-state index contributed by atoms with van der Waals surface area (Å²) < 4.78 is 0. The summed E-state index contributed by atoms with van der Waals surface area (Å²) in [5, 5.41) is 5.55. The van der Waals surface area contributed by atoms with Crippen molar-refractivity contribution in [3.8, 4) is 0 Å². The molecule has 2 aromatic carbocycles. The highest BCUT2D eigenvalue weighted by Crippen LogP contribution is 2.20. The van der Waals surface area contributed by atoms with Gasteiger partial charge in [0, 0.05) is 17.8 Å². The number of hydrogen-bond donors (Lipinski definition) is 3. The molecule has 0 bridgehead atoms. The number of nitrogens with one attached hydrogen (secondary N) is 2. The summed E-state index contributed by atoms with van der Waals surface area (Å²) in [7, 11) is 0. The molecule has 112 valence electrons. The monoisotopic (exact) mass is 295 g/mol. The summed E-state index contributed by atoms with van der Waals surface area (Å²) >= 11 is 0. The largest absolute Gasteiger partial charge is 0.348 e. The van der Waals surface area contributed by atoms with E-state index in [4.69, 9.17) is 5.73 Å². The fourth-order valence-corrected chi connectivity index (χ4v) is 2.51. The van der Waals surface area contributed by atoms with Crippen LogP contribution in [0.25, 0.3) is 0 Å². The van der Waals surface area contributed by atoms with Crippen molar-refractivity contribution in [2.45, 2.75) is 19.0 Å². The first-order chi connectivity index (χ1) is 10.6. The summed E-state index contributed by atoms with van der Waals surface area (Å²) in [6, 6.07) is 14.3. The Hall–Kier alpha value is -2.66. The predicted molar refractivity (Wildman–Crippen MR) is 84.4 cm³/mol. The van der Waals surface area contributed by atoms with Crippen LogP contribution in [0.1, 0.15) is 21.5 Å². The topological polar surface area (TPSA) is 84.2 Å². The molecule has 1 aliphatic heterocycles. The molecule has 0 aliphatic carbocycles.